The van der Waals surface area contributed by atoms with E-state index >= 15 is 0 Å². The van der Waals surface area contributed by atoms with Crippen molar-refractivity contribution in [3.05, 3.63) is 52.2 Å². The minimum Gasteiger partial charge on any atom is -0.351 e. The van der Waals surface area contributed by atoms with Gasteiger partial charge < -0.3 is 10.2 Å². The van der Waals surface area contributed by atoms with Gasteiger partial charge in [0.25, 0.3) is 5.91 Å². The van der Waals surface area contributed by atoms with Crippen LogP contribution in [-0.4, -0.2) is 30.7 Å². The second-order valence-electron chi connectivity index (χ2n) is 5.59. The lowest BCUT2D eigenvalue weighted by Gasteiger charge is -2.16. The zero-order valence-corrected chi connectivity index (χ0v) is 15.0. The van der Waals surface area contributed by atoms with Gasteiger partial charge in [0.15, 0.2) is 0 Å². The molecule has 0 spiro atoms. The number of thiophene rings is 1. The highest BCUT2D eigenvalue weighted by molar-refractivity contribution is 7.98. The number of carbonyl (C=O) groups excluding carboxylic acids is 2. The molecule has 0 atom stereocenters. The van der Waals surface area contributed by atoms with Gasteiger partial charge in [-0.1, -0.05) is 12.1 Å². The zero-order valence-electron chi connectivity index (χ0n) is 13.4. The fraction of sp³-hybridized carbons (Fsp3) is 0.333. The van der Waals surface area contributed by atoms with Crippen LogP contribution in [0.4, 0.5) is 5.69 Å². The summed E-state index contributed by atoms with van der Waals surface area (Å²) in [5.74, 6) is 1.92. The minimum absolute atomic E-state index is 0.0831. The van der Waals surface area contributed by atoms with E-state index in [0.717, 1.165) is 30.2 Å². The average molecular weight is 361 g/mol. The molecule has 24 heavy (non-hydrogen) atoms. The minimum atomic E-state index is -0.0831. The summed E-state index contributed by atoms with van der Waals surface area (Å²) >= 11 is 3.57. The zero-order chi connectivity index (χ0) is 16.8. The van der Waals surface area contributed by atoms with Crippen LogP contribution in [0.5, 0.6) is 0 Å². The maximum absolute atomic E-state index is 12.3. The molecule has 0 bridgehead atoms. The van der Waals surface area contributed by atoms with Gasteiger partial charge in [0, 0.05) is 47.1 Å². The summed E-state index contributed by atoms with van der Waals surface area (Å²) in [6.07, 6.45) is 1.48. The maximum atomic E-state index is 12.3. The second kappa shape index (κ2) is 8.35. The predicted molar refractivity (Wildman–Crippen MR) is 101 cm³/mol. The summed E-state index contributed by atoms with van der Waals surface area (Å²) in [4.78, 5) is 27.2. The van der Waals surface area contributed by atoms with E-state index in [4.69, 9.17) is 0 Å². The molecule has 0 aliphatic carbocycles. The van der Waals surface area contributed by atoms with E-state index in [-0.39, 0.29) is 11.8 Å². The molecular formula is C18H20N2O2S2. The van der Waals surface area contributed by atoms with Gasteiger partial charge in [-0.15, -0.1) is 11.3 Å². The Morgan fingerprint density at radius 2 is 2.21 bits per heavy atom. The third-order valence-corrected chi connectivity index (χ3v) is 5.92. The molecule has 1 N–H and O–H groups in total. The topological polar surface area (TPSA) is 49.4 Å². The Hall–Kier alpha value is -1.79. The number of nitrogens with zero attached hydrogens (tertiary/aromatic N) is 1. The number of nitrogens with one attached hydrogen (secondary N) is 1. The van der Waals surface area contributed by atoms with Gasteiger partial charge in [0.1, 0.15) is 0 Å². The lowest BCUT2D eigenvalue weighted by atomic mass is 10.1. The first-order valence-electron chi connectivity index (χ1n) is 8.03. The Balaban J connectivity index is 1.47. The van der Waals surface area contributed by atoms with Gasteiger partial charge in [-0.3, -0.25) is 9.59 Å². The van der Waals surface area contributed by atoms with Gasteiger partial charge in [-0.25, -0.2) is 0 Å². The number of anilines is 1. The number of rotatable bonds is 7. The van der Waals surface area contributed by atoms with Crippen molar-refractivity contribution in [2.45, 2.75) is 18.6 Å². The molecule has 2 aromatic rings. The van der Waals surface area contributed by atoms with E-state index in [1.165, 1.54) is 4.88 Å². The molecule has 0 unspecified atom stereocenters. The van der Waals surface area contributed by atoms with E-state index in [2.05, 4.69) is 22.8 Å². The van der Waals surface area contributed by atoms with Crippen molar-refractivity contribution in [3.8, 4) is 0 Å². The molecule has 0 saturated carbocycles. The fourth-order valence-corrected chi connectivity index (χ4v) is 4.34. The van der Waals surface area contributed by atoms with Crippen LogP contribution >= 0.6 is 23.1 Å². The quantitative estimate of drug-likeness (QED) is 0.769. The Morgan fingerprint density at radius 1 is 1.29 bits per heavy atom. The Labute approximate surface area is 150 Å². The van der Waals surface area contributed by atoms with Gasteiger partial charge >= 0.3 is 0 Å². The standard InChI is InChI=1S/C18H20N2O2S2/c21-17-7-2-9-20(17)15-5-1-4-14(12-15)18(22)19-8-11-23-13-16-6-3-10-24-16/h1,3-6,10,12H,2,7-9,11,13H2,(H,19,22). The average Bonchev–Trinajstić information content (AvgIpc) is 3.26. The van der Waals surface area contributed by atoms with E-state index in [1.54, 1.807) is 28.4 Å². The first kappa shape index (κ1) is 17.0. The highest BCUT2D eigenvalue weighted by Crippen LogP contribution is 2.22. The number of benzene rings is 1. The molecule has 1 aliphatic heterocycles. The monoisotopic (exact) mass is 360 g/mol. The lowest BCUT2D eigenvalue weighted by molar-refractivity contribution is -0.117. The van der Waals surface area contributed by atoms with Crippen molar-refractivity contribution in [1.29, 1.82) is 0 Å². The largest absolute Gasteiger partial charge is 0.351 e. The summed E-state index contributed by atoms with van der Waals surface area (Å²) in [5, 5.41) is 5.03. The second-order valence-corrected chi connectivity index (χ2v) is 7.72. The fourth-order valence-electron chi connectivity index (χ4n) is 2.64. The van der Waals surface area contributed by atoms with E-state index in [0.29, 0.717) is 18.5 Å². The summed E-state index contributed by atoms with van der Waals surface area (Å²) in [7, 11) is 0. The van der Waals surface area contributed by atoms with Crippen molar-refractivity contribution < 1.29 is 9.59 Å². The summed E-state index contributed by atoms with van der Waals surface area (Å²) in [5.41, 5.74) is 1.42. The highest BCUT2D eigenvalue weighted by atomic mass is 32.2. The molecule has 1 aromatic heterocycles. The van der Waals surface area contributed by atoms with Gasteiger partial charge in [0.2, 0.25) is 5.91 Å². The normalized spacial score (nSPS) is 14.2. The van der Waals surface area contributed by atoms with Crippen molar-refractivity contribution in [3.63, 3.8) is 0 Å². The number of carbonyl (C=O) groups is 2. The van der Waals surface area contributed by atoms with Crippen LogP contribution in [0.2, 0.25) is 0 Å². The molecule has 1 fully saturated rings. The molecule has 2 amide bonds. The van der Waals surface area contributed by atoms with Crippen LogP contribution in [0.25, 0.3) is 0 Å². The third kappa shape index (κ3) is 4.39. The van der Waals surface area contributed by atoms with E-state index < -0.39 is 0 Å². The lowest BCUT2D eigenvalue weighted by Crippen LogP contribution is -2.27. The Bertz CT molecular complexity index is 701. The summed E-state index contributed by atoms with van der Waals surface area (Å²) < 4.78 is 0. The molecule has 6 heteroatoms. The van der Waals surface area contributed by atoms with Crippen molar-refractivity contribution in [2.75, 3.05) is 23.7 Å². The van der Waals surface area contributed by atoms with Gasteiger partial charge in [-0.2, -0.15) is 11.8 Å². The summed E-state index contributed by atoms with van der Waals surface area (Å²) in [6, 6.07) is 11.5. The smallest absolute Gasteiger partial charge is 0.251 e. The van der Waals surface area contributed by atoms with Crippen molar-refractivity contribution in [1.82, 2.24) is 5.32 Å². The van der Waals surface area contributed by atoms with Crippen LogP contribution in [0.1, 0.15) is 28.1 Å². The highest BCUT2D eigenvalue weighted by Gasteiger charge is 2.22. The van der Waals surface area contributed by atoms with Gasteiger partial charge in [0.05, 0.1) is 0 Å². The molecule has 1 aliphatic rings. The van der Waals surface area contributed by atoms with E-state index in [9.17, 15) is 9.59 Å². The number of amides is 2. The van der Waals surface area contributed by atoms with Crippen LogP contribution in [0, 0.1) is 0 Å². The van der Waals surface area contributed by atoms with Crippen LogP contribution in [-0.2, 0) is 10.5 Å². The SMILES string of the molecule is O=C(NCCSCc1cccs1)c1cccc(N2CCCC2=O)c1. The number of hydrogen-bond acceptors (Lipinski definition) is 4. The molecule has 4 nitrogen and oxygen atoms in total. The first-order chi connectivity index (χ1) is 11.7. The molecule has 126 valence electrons. The van der Waals surface area contributed by atoms with E-state index in [1.807, 2.05) is 23.9 Å². The predicted octanol–water partition coefficient (Wildman–Crippen LogP) is 3.54. The molecule has 3 rings (SSSR count). The third-order valence-electron chi connectivity index (χ3n) is 3.85. The van der Waals surface area contributed by atoms with Crippen LogP contribution < -0.4 is 10.2 Å². The molecular weight excluding hydrogens is 340 g/mol. The molecule has 1 saturated heterocycles. The molecule has 2 heterocycles. The number of hydrogen-bond donors (Lipinski definition) is 1. The van der Waals surface area contributed by atoms with Crippen LogP contribution in [0.3, 0.4) is 0 Å². The number of thioether (sulfide) groups is 1. The maximum Gasteiger partial charge on any atom is 0.251 e. The van der Waals surface area contributed by atoms with Crippen molar-refractivity contribution >= 4 is 40.6 Å². The Kier molecular flexibility index (Phi) is 5.93. The van der Waals surface area contributed by atoms with Gasteiger partial charge in [-0.05, 0) is 36.1 Å². The summed E-state index contributed by atoms with van der Waals surface area (Å²) in [6.45, 7) is 1.38. The Morgan fingerprint density at radius 3 is 2.96 bits per heavy atom. The molecule has 0 radical (unpaired) electrons. The first-order valence-corrected chi connectivity index (χ1v) is 10.1. The van der Waals surface area contributed by atoms with Crippen molar-refractivity contribution in [2.24, 2.45) is 0 Å². The molecule has 1 aromatic carbocycles. The van der Waals surface area contributed by atoms with Crippen LogP contribution in [0.15, 0.2) is 41.8 Å².